The molecular weight excluding hydrogens is 268 g/mol. The first-order valence-electron chi connectivity index (χ1n) is 6.99. The van der Waals surface area contributed by atoms with Crippen molar-refractivity contribution >= 4 is 21.6 Å². The number of thiazole rings is 1. The Morgan fingerprint density at radius 1 is 1.20 bits per heavy atom. The van der Waals surface area contributed by atoms with Crippen LogP contribution in [0, 0.1) is 0 Å². The molecular formula is C15H18N4S. The van der Waals surface area contributed by atoms with Gasteiger partial charge in [0, 0.05) is 12.5 Å². The van der Waals surface area contributed by atoms with E-state index in [-0.39, 0.29) is 0 Å². The molecule has 0 bridgehead atoms. The molecule has 2 heterocycles. The van der Waals surface area contributed by atoms with E-state index in [1.54, 1.807) is 11.3 Å². The maximum absolute atomic E-state index is 4.69. The lowest BCUT2D eigenvalue weighted by molar-refractivity contribution is 0.614. The number of fused-ring (bicyclic) bond motifs is 1. The summed E-state index contributed by atoms with van der Waals surface area (Å²) in [7, 11) is 0. The molecule has 0 fully saturated rings. The van der Waals surface area contributed by atoms with Gasteiger partial charge in [-0.2, -0.15) is 0 Å². The number of nitrogens with zero attached hydrogens (tertiary/aromatic N) is 4. The van der Waals surface area contributed by atoms with Crippen LogP contribution in [0.2, 0.25) is 0 Å². The fourth-order valence-electron chi connectivity index (χ4n) is 2.31. The van der Waals surface area contributed by atoms with Crippen molar-refractivity contribution in [1.29, 1.82) is 0 Å². The van der Waals surface area contributed by atoms with Crippen molar-refractivity contribution in [3.8, 4) is 10.8 Å². The second-order valence-corrected chi connectivity index (χ2v) is 6.21. The Labute approximate surface area is 122 Å². The smallest absolute Gasteiger partial charge is 0.193 e. The molecule has 5 heteroatoms. The second kappa shape index (κ2) is 5.32. The normalized spacial score (nSPS) is 11.6. The van der Waals surface area contributed by atoms with Crippen molar-refractivity contribution in [2.75, 3.05) is 0 Å². The molecule has 0 saturated carbocycles. The largest absolute Gasteiger partial charge is 0.309 e. The van der Waals surface area contributed by atoms with Crippen LogP contribution in [0.4, 0.5) is 0 Å². The summed E-state index contributed by atoms with van der Waals surface area (Å²) in [6.45, 7) is 7.41. The van der Waals surface area contributed by atoms with Gasteiger partial charge in [0.1, 0.15) is 5.82 Å². The van der Waals surface area contributed by atoms with E-state index >= 15 is 0 Å². The molecule has 0 atom stereocenters. The topological polar surface area (TPSA) is 43.6 Å². The van der Waals surface area contributed by atoms with Gasteiger partial charge in [-0.05, 0) is 18.6 Å². The summed E-state index contributed by atoms with van der Waals surface area (Å²) in [5, 5.41) is 9.70. The highest BCUT2D eigenvalue weighted by Gasteiger charge is 2.18. The highest BCUT2D eigenvalue weighted by Crippen LogP contribution is 2.30. The molecule has 3 aromatic rings. The monoisotopic (exact) mass is 286 g/mol. The zero-order chi connectivity index (χ0) is 14.1. The summed E-state index contributed by atoms with van der Waals surface area (Å²) in [6, 6.07) is 8.20. The van der Waals surface area contributed by atoms with Gasteiger partial charge in [-0.1, -0.05) is 32.9 Å². The average molecular weight is 286 g/mol. The van der Waals surface area contributed by atoms with Crippen LogP contribution in [-0.4, -0.2) is 19.7 Å². The molecule has 2 aromatic heterocycles. The van der Waals surface area contributed by atoms with E-state index in [4.69, 9.17) is 4.98 Å². The van der Waals surface area contributed by atoms with Gasteiger partial charge in [0.05, 0.1) is 10.2 Å². The molecule has 20 heavy (non-hydrogen) atoms. The van der Waals surface area contributed by atoms with Gasteiger partial charge in [-0.3, -0.25) is 0 Å². The first-order chi connectivity index (χ1) is 9.70. The molecule has 4 nitrogen and oxygen atoms in total. The third-order valence-corrected chi connectivity index (χ3v) is 4.26. The Morgan fingerprint density at radius 2 is 2.00 bits per heavy atom. The lowest BCUT2D eigenvalue weighted by Gasteiger charge is -2.09. The van der Waals surface area contributed by atoms with Crippen molar-refractivity contribution in [2.24, 2.45) is 0 Å². The van der Waals surface area contributed by atoms with E-state index in [0.29, 0.717) is 5.92 Å². The quantitative estimate of drug-likeness (QED) is 0.725. The van der Waals surface area contributed by atoms with Crippen LogP contribution in [0.1, 0.15) is 38.9 Å². The molecule has 0 saturated heterocycles. The molecule has 0 N–H and O–H groups in total. The standard InChI is InChI=1S/C15H18N4S/c1-4-9-19-13(10(2)3)17-18-14(19)15-16-11-7-5-6-8-12(11)20-15/h5-8,10H,4,9H2,1-3H3. The maximum Gasteiger partial charge on any atom is 0.193 e. The average Bonchev–Trinajstić information content (AvgIpc) is 3.01. The number of para-hydroxylation sites is 1. The number of benzene rings is 1. The fraction of sp³-hybridized carbons (Fsp3) is 0.400. The van der Waals surface area contributed by atoms with Crippen LogP contribution >= 0.6 is 11.3 Å². The lowest BCUT2D eigenvalue weighted by Crippen LogP contribution is -2.06. The Hall–Kier alpha value is -1.75. The Kier molecular flexibility index (Phi) is 3.53. The fourth-order valence-corrected chi connectivity index (χ4v) is 3.27. The van der Waals surface area contributed by atoms with Gasteiger partial charge in [-0.15, -0.1) is 21.5 Å². The predicted molar refractivity (Wildman–Crippen MR) is 83.0 cm³/mol. The summed E-state index contributed by atoms with van der Waals surface area (Å²) in [5.74, 6) is 2.31. The lowest BCUT2D eigenvalue weighted by atomic mass is 10.2. The molecule has 0 aliphatic carbocycles. The summed E-state index contributed by atoms with van der Waals surface area (Å²) >= 11 is 1.68. The van der Waals surface area contributed by atoms with Gasteiger partial charge < -0.3 is 4.57 Å². The molecule has 0 amide bonds. The van der Waals surface area contributed by atoms with E-state index in [1.807, 2.05) is 18.2 Å². The van der Waals surface area contributed by atoms with Crippen LogP contribution in [0.15, 0.2) is 24.3 Å². The Morgan fingerprint density at radius 3 is 2.70 bits per heavy atom. The van der Waals surface area contributed by atoms with Gasteiger partial charge >= 0.3 is 0 Å². The highest BCUT2D eigenvalue weighted by molar-refractivity contribution is 7.21. The Bertz CT molecular complexity index is 693. The van der Waals surface area contributed by atoms with E-state index in [1.165, 1.54) is 4.70 Å². The zero-order valence-electron chi connectivity index (χ0n) is 12.0. The van der Waals surface area contributed by atoms with Gasteiger partial charge in [-0.25, -0.2) is 4.98 Å². The van der Waals surface area contributed by atoms with Crippen LogP contribution in [-0.2, 0) is 6.54 Å². The molecule has 3 rings (SSSR count). The summed E-state index contributed by atoms with van der Waals surface area (Å²) in [5.41, 5.74) is 1.03. The van der Waals surface area contributed by atoms with Gasteiger partial charge in [0.15, 0.2) is 10.8 Å². The minimum Gasteiger partial charge on any atom is -0.309 e. The first-order valence-corrected chi connectivity index (χ1v) is 7.81. The molecule has 0 spiro atoms. The molecule has 0 radical (unpaired) electrons. The number of hydrogen-bond acceptors (Lipinski definition) is 4. The van der Waals surface area contributed by atoms with Crippen molar-refractivity contribution in [1.82, 2.24) is 19.7 Å². The minimum atomic E-state index is 0.372. The summed E-state index contributed by atoms with van der Waals surface area (Å²) in [6.07, 6.45) is 1.07. The highest BCUT2D eigenvalue weighted by atomic mass is 32.1. The second-order valence-electron chi connectivity index (χ2n) is 5.17. The molecule has 104 valence electrons. The zero-order valence-corrected chi connectivity index (χ0v) is 12.8. The van der Waals surface area contributed by atoms with Crippen LogP contribution in [0.3, 0.4) is 0 Å². The van der Waals surface area contributed by atoms with Crippen molar-refractivity contribution in [3.05, 3.63) is 30.1 Å². The van der Waals surface area contributed by atoms with E-state index in [0.717, 1.165) is 35.1 Å². The third kappa shape index (κ3) is 2.22. The van der Waals surface area contributed by atoms with Crippen molar-refractivity contribution in [3.63, 3.8) is 0 Å². The predicted octanol–water partition coefficient (Wildman–Crippen LogP) is 4.09. The van der Waals surface area contributed by atoms with Crippen molar-refractivity contribution < 1.29 is 0 Å². The number of hydrogen-bond donors (Lipinski definition) is 0. The minimum absolute atomic E-state index is 0.372. The first kappa shape index (κ1) is 13.2. The SMILES string of the molecule is CCCn1c(-c2nc3ccccc3s2)nnc1C(C)C. The van der Waals surface area contributed by atoms with Crippen LogP contribution < -0.4 is 0 Å². The maximum atomic E-state index is 4.69. The Balaban J connectivity index is 2.13. The molecule has 0 unspecified atom stereocenters. The number of rotatable bonds is 4. The third-order valence-electron chi connectivity index (χ3n) is 3.23. The molecule has 0 aliphatic heterocycles. The van der Waals surface area contributed by atoms with E-state index < -0.39 is 0 Å². The molecule has 0 aliphatic rings. The van der Waals surface area contributed by atoms with Crippen LogP contribution in [0.5, 0.6) is 0 Å². The molecule has 1 aromatic carbocycles. The summed E-state index contributed by atoms with van der Waals surface area (Å²) < 4.78 is 3.40. The van der Waals surface area contributed by atoms with Gasteiger partial charge in [0.25, 0.3) is 0 Å². The van der Waals surface area contributed by atoms with E-state index in [2.05, 4.69) is 41.6 Å². The van der Waals surface area contributed by atoms with Gasteiger partial charge in [0.2, 0.25) is 0 Å². The van der Waals surface area contributed by atoms with E-state index in [9.17, 15) is 0 Å². The summed E-state index contributed by atoms with van der Waals surface area (Å²) in [4.78, 5) is 4.69. The number of aromatic nitrogens is 4. The van der Waals surface area contributed by atoms with Crippen molar-refractivity contribution in [2.45, 2.75) is 39.7 Å². The van der Waals surface area contributed by atoms with Crippen LogP contribution in [0.25, 0.3) is 21.0 Å².